The smallest absolute Gasteiger partial charge is 0.246 e. The van der Waals surface area contributed by atoms with E-state index in [1.807, 2.05) is 12.2 Å². The van der Waals surface area contributed by atoms with Crippen molar-refractivity contribution in [2.75, 3.05) is 25.6 Å². The summed E-state index contributed by atoms with van der Waals surface area (Å²) >= 11 is 12.2. The second-order valence-electron chi connectivity index (χ2n) is 11.1. The first-order valence-corrected chi connectivity index (χ1v) is 14.2. The summed E-state index contributed by atoms with van der Waals surface area (Å²) < 4.78 is 11.6. The molecule has 3 amide bonds. The molecule has 1 saturated carbocycles. The van der Waals surface area contributed by atoms with E-state index < -0.39 is 29.6 Å². The molecule has 10 heteroatoms. The van der Waals surface area contributed by atoms with Gasteiger partial charge in [0.25, 0.3) is 0 Å². The molecule has 8 unspecified atom stereocenters. The maximum atomic E-state index is 13.9. The largest absolute Gasteiger partial charge is 0.385 e. The SMILES string of the molecule is COCCCN1C(=O)C2C(C(=O)Nc3cc(Cl)cc(Cl)c3)C3C=CC2(O3)C1C(=O)NC1CCCC(C)C1C. The van der Waals surface area contributed by atoms with Crippen LogP contribution in [-0.2, 0) is 23.9 Å². The number of nitrogens with one attached hydrogen (secondary N) is 2. The maximum Gasteiger partial charge on any atom is 0.246 e. The van der Waals surface area contributed by atoms with Crippen LogP contribution in [0.1, 0.15) is 39.5 Å². The number of halogens is 2. The summed E-state index contributed by atoms with van der Waals surface area (Å²) in [7, 11) is 1.60. The molecule has 2 N–H and O–H groups in total. The predicted molar refractivity (Wildman–Crippen MR) is 145 cm³/mol. The number of carbonyl (C=O) groups excluding carboxylic acids is 3. The van der Waals surface area contributed by atoms with Gasteiger partial charge in [0, 0.05) is 42.0 Å². The van der Waals surface area contributed by atoms with Crippen LogP contribution in [0.3, 0.4) is 0 Å². The third-order valence-electron chi connectivity index (χ3n) is 8.84. The van der Waals surface area contributed by atoms with Crippen LogP contribution in [0.4, 0.5) is 5.69 Å². The number of benzene rings is 1. The van der Waals surface area contributed by atoms with Crippen LogP contribution in [0.25, 0.3) is 0 Å². The Morgan fingerprint density at radius 2 is 1.89 bits per heavy atom. The number of hydrogen-bond donors (Lipinski definition) is 2. The second-order valence-corrected chi connectivity index (χ2v) is 12.0. The first-order valence-electron chi connectivity index (χ1n) is 13.4. The number of fused-ring (bicyclic) bond motifs is 1. The molecular formula is C28H35Cl2N3O5. The van der Waals surface area contributed by atoms with Crippen LogP contribution in [0.5, 0.6) is 0 Å². The van der Waals surface area contributed by atoms with E-state index in [9.17, 15) is 14.4 Å². The van der Waals surface area contributed by atoms with Crippen molar-refractivity contribution in [2.24, 2.45) is 23.7 Å². The number of carbonyl (C=O) groups is 3. The van der Waals surface area contributed by atoms with Gasteiger partial charge in [-0.3, -0.25) is 14.4 Å². The molecule has 206 valence electrons. The number of likely N-dealkylation sites (tertiary alicyclic amines) is 1. The molecule has 8 atom stereocenters. The molecule has 3 fully saturated rings. The molecule has 4 aliphatic rings. The number of nitrogens with zero attached hydrogens (tertiary/aromatic N) is 1. The van der Waals surface area contributed by atoms with E-state index in [0.29, 0.717) is 47.1 Å². The lowest BCUT2D eigenvalue weighted by Crippen LogP contribution is -2.58. The zero-order valence-corrected chi connectivity index (χ0v) is 23.4. The van der Waals surface area contributed by atoms with Gasteiger partial charge in [-0.25, -0.2) is 0 Å². The van der Waals surface area contributed by atoms with E-state index in [4.69, 9.17) is 32.7 Å². The number of rotatable bonds is 8. The van der Waals surface area contributed by atoms with Crippen molar-refractivity contribution in [3.63, 3.8) is 0 Å². The Morgan fingerprint density at radius 1 is 1.16 bits per heavy atom. The predicted octanol–water partition coefficient (Wildman–Crippen LogP) is 4.06. The zero-order valence-electron chi connectivity index (χ0n) is 21.9. The molecular weight excluding hydrogens is 529 g/mol. The molecule has 1 aromatic rings. The van der Waals surface area contributed by atoms with Crippen LogP contribution >= 0.6 is 23.2 Å². The van der Waals surface area contributed by atoms with Gasteiger partial charge in [0.15, 0.2) is 0 Å². The highest BCUT2D eigenvalue weighted by Crippen LogP contribution is 2.55. The van der Waals surface area contributed by atoms with Crippen molar-refractivity contribution in [1.29, 1.82) is 0 Å². The summed E-state index contributed by atoms with van der Waals surface area (Å²) in [4.78, 5) is 43.0. The van der Waals surface area contributed by atoms with Gasteiger partial charge < -0.3 is 25.0 Å². The van der Waals surface area contributed by atoms with E-state index in [2.05, 4.69) is 24.5 Å². The third kappa shape index (κ3) is 4.74. The number of anilines is 1. The Bertz CT molecular complexity index is 1130. The highest BCUT2D eigenvalue weighted by molar-refractivity contribution is 6.35. The average Bonchev–Trinajstić information content (AvgIpc) is 3.49. The standard InChI is InChI=1S/C28H35Cl2N3O5/c1-15-6-4-7-20(16(15)2)32-26(35)24-28-9-8-21(38-28)22(23(28)27(36)33(24)10-5-11-37-3)25(34)31-19-13-17(29)12-18(30)14-19/h8-9,12-16,20-24H,4-7,10-11H2,1-3H3,(H,31,34)(H,32,35). The zero-order chi connectivity index (χ0) is 27.2. The van der Waals surface area contributed by atoms with Crippen molar-refractivity contribution in [3.8, 4) is 0 Å². The van der Waals surface area contributed by atoms with E-state index in [0.717, 1.165) is 19.3 Å². The minimum atomic E-state index is -1.20. The van der Waals surface area contributed by atoms with Crippen LogP contribution in [-0.4, -0.2) is 66.7 Å². The van der Waals surface area contributed by atoms with Gasteiger partial charge in [0.1, 0.15) is 11.6 Å². The molecule has 1 aliphatic carbocycles. The van der Waals surface area contributed by atoms with E-state index >= 15 is 0 Å². The molecule has 2 saturated heterocycles. The summed E-state index contributed by atoms with van der Waals surface area (Å²) in [5.41, 5.74) is -0.762. The molecule has 1 spiro atoms. The minimum absolute atomic E-state index is 0.0342. The van der Waals surface area contributed by atoms with Crippen molar-refractivity contribution >= 4 is 46.6 Å². The molecule has 0 radical (unpaired) electrons. The molecule has 38 heavy (non-hydrogen) atoms. The Morgan fingerprint density at radius 3 is 2.61 bits per heavy atom. The molecule has 3 heterocycles. The van der Waals surface area contributed by atoms with Gasteiger partial charge in [-0.15, -0.1) is 0 Å². The van der Waals surface area contributed by atoms with Crippen molar-refractivity contribution in [3.05, 3.63) is 40.4 Å². The highest BCUT2D eigenvalue weighted by atomic mass is 35.5. The minimum Gasteiger partial charge on any atom is -0.385 e. The van der Waals surface area contributed by atoms with Crippen molar-refractivity contribution < 1.29 is 23.9 Å². The lowest BCUT2D eigenvalue weighted by atomic mass is 9.73. The van der Waals surface area contributed by atoms with Gasteiger partial charge in [-0.2, -0.15) is 0 Å². The van der Waals surface area contributed by atoms with Crippen LogP contribution in [0, 0.1) is 23.7 Å². The van der Waals surface area contributed by atoms with E-state index in [1.165, 1.54) is 0 Å². The lowest BCUT2D eigenvalue weighted by molar-refractivity contribution is -0.141. The normalized spacial score (nSPS) is 35.4. The number of amides is 3. The van der Waals surface area contributed by atoms with Gasteiger partial charge in [-0.1, -0.05) is 62.0 Å². The number of methoxy groups -OCH3 is 1. The summed E-state index contributed by atoms with van der Waals surface area (Å²) in [6.07, 6.45) is 6.70. The van der Waals surface area contributed by atoms with Crippen LogP contribution in [0.2, 0.25) is 10.0 Å². The quantitative estimate of drug-likeness (QED) is 0.367. The second kappa shape index (κ2) is 10.8. The number of ether oxygens (including phenoxy) is 2. The summed E-state index contributed by atoms with van der Waals surface area (Å²) in [5.74, 6) is -1.60. The Balaban J connectivity index is 1.43. The Kier molecular flexibility index (Phi) is 7.80. The molecule has 8 nitrogen and oxygen atoms in total. The van der Waals surface area contributed by atoms with Gasteiger partial charge >= 0.3 is 0 Å². The summed E-state index contributed by atoms with van der Waals surface area (Å²) in [6.45, 7) is 5.17. The highest BCUT2D eigenvalue weighted by Gasteiger charge is 2.72. The molecule has 0 aromatic heterocycles. The fraction of sp³-hybridized carbons (Fsp3) is 0.607. The molecule has 3 aliphatic heterocycles. The molecule has 5 rings (SSSR count). The van der Waals surface area contributed by atoms with Gasteiger partial charge in [0.05, 0.1) is 17.9 Å². The summed E-state index contributed by atoms with van der Waals surface area (Å²) in [5, 5.41) is 6.89. The van der Waals surface area contributed by atoms with Crippen LogP contribution < -0.4 is 10.6 Å². The average molecular weight is 565 g/mol. The van der Waals surface area contributed by atoms with Gasteiger partial charge in [0.2, 0.25) is 17.7 Å². The Labute approximate surface area is 233 Å². The Hall–Kier alpha value is -2.13. The van der Waals surface area contributed by atoms with Crippen LogP contribution in [0.15, 0.2) is 30.4 Å². The molecule has 1 aromatic carbocycles. The monoisotopic (exact) mass is 563 g/mol. The fourth-order valence-electron chi connectivity index (χ4n) is 6.79. The van der Waals surface area contributed by atoms with E-state index in [-0.39, 0.29) is 23.8 Å². The summed E-state index contributed by atoms with van der Waals surface area (Å²) in [6, 6.07) is 3.95. The number of hydrogen-bond acceptors (Lipinski definition) is 5. The topological polar surface area (TPSA) is 97.0 Å². The first-order chi connectivity index (χ1) is 18.2. The van der Waals surface area contributed by atoms with E-state index in [1.54, 1.807) is 30.2 Å². The van der Waals surface area contributed by atoms with Crippen molar-refractivity contribution in [1.82, 2.24) is 10.2 Å². The first kappa shape index (κ1) is 27.4. The lowest BCUT2D eigenvalue weighted by Gasteiger charge is -2.38. The third-order valence-corrected chi connectivity index (χ3v) is 9.27. The molecule has 2 bridgehead atoms. The van der Waals surface area contributed by atoms with Crippen molar-refractivity contribution in [2.45, 2.75) is 63.3 Å². The fourth-order valence-corrected chi connectivity index (χ4v) is 7.31. The maximum absolute atomic E-state index is 13.9. The van der Waals surface area contributed by atoms with Gasteiger partial charge in [-0.05, 0) is 42.9 Å².